The van der Waals surface area contributed by atoms with Gasteiger partial charge in [0.05, 0.1) is 23.6 Å². The number of nitrogens with two attached hydrogens (primary N) is 5. The zero-order chi connectivity index (χ0) is 43.3. The first-order valence-electron chi connectivity index (χ1n) is 18.6. The summed E-state index contributed by atoms with van der Waals surface area (Å²) in [5, 5.41) is 43.9. The van der Waals surface area contributed by atoms with Crippen molar-refractivity contribution < 1.29 is 43.8 Å². The predicted molar refractivity (Wildman–Crippen MR) is 208 cm³/mol. The van der Waals surface area contributed by atoms with Gasteiger partial charge in [-0.1, -0.05) is 30.3 Å². The van der Waals surface area contributed by atoms with E-state index in [9.17, 15) is 49.0 Å². The minimum atomic E-state index is -1.69. The fourth-order valence-corrected chi connectivity index (χ4v) is 5.45. The third kappa shape index (κ3) is 17.6. The summed E-state index contributed by atoms with van der Waals surface area (Å²) in [6, 6.07) is 1.24. The molecule has 6 amide bonds. The molecule has 0 fully saturated rings. The lowest BCUT2D eigenvalue weighted by Gasteiger charge is -2.29. The molecule has 1 rings (SSSR count). The standard InChI is InChI=1S/C36H60N12O9/c1-20(49)28(35(56)57)48-32(53)25(12-16-40)44-30(51)24(11-15-39)45-34(55)27(18-36(2,3)19-41)47-33(54)26(17-21-7-5-4-6-8-21)46-31(52)23(10-14-38)43-29(50)22(42)9-13-37/h4-8,20,22-28,49H,9-18,37-40,42H2,1-3H3,(H,43,50)(H,44,51)(H,45,55)(H,46,52)(H,47,54)(H,48,53)(H,56,57)/t20-,22+,23+,24+,25+,26-,27+,28+/m1/s1. The largest absolute Gasteiger partial charge is 0.480 e. The van der Waals surface area contributed by atoms with E-state index in [1.165, 1.54) is 13.8 Å². The van der Waals surface area contributed by atoms with Crippen LogP contribution in [-0.2, 0) is 40.0 Å². The molecule has 0 saturated heterocycles. The molecule has 0 aliphatic heterocycles. The Morgan fingerprint density at radius 2 is 1.04 bits per heavy atom. The average Bonchev–Trinajstić information content (AvgIpc) is 3.15. The highest BCUT2D eigenvalue weighted by Crippen LogP contribution is 2.21. The maximum absolute atomic E-state index is 14.0. The van der Waals surface area contributed by atoms with Gasteiger partial charge >= 0.3 is 5.97 Å². The zero-order valence-electron chi connectivity index (χ0n) is 32.7. The maximum Gasteiger partial charge on any atom is 0.328 e. The van der Waals surface area contributed by atoms with Gasteiger partial charge < -0.3 is 70.8 Å². The summed E-state index contributed by atoms with van der Waals surface area (Å²) in [7, 11) is 0. The van der Waals surface area contributed by atoms with E-state index in [1.54, 1.807) is 30.3 Å². The number of benzene rings is 1. The normalized spacial score (nSPS) is 15.4. The summed E-state index contributed by atoms with van der Waals surface area (Å²) < 4.78 is 0. The van der Waals surface area contributed by atoms with E-state index in [0.717, 1.165) is 6.92 Å². The van der Waals surface area contributed by atoms with E-state index < -0.39 is 95.2 Å². The summed E-state index contributed by atoms with van der Waals surface area (Å²) in [6.45, 7) is 4.08. The van der Waals surface area contributed by atoms with Crippen molar-refractivity contribution in [3.8, 4) is 6.07 Å². The van der Waals surface area contributed by atoms with Crippen molar-refractivity contribution >= 4 is 41.4 Å². The smallest absolute Gasteiger partial charge is 0.328 e. The molecule has 1 aromatic carbocycles. The van der Waals surface area contributed by atoms with E-state index >= 15 is 0 Å². The van der Waals surface area contributed by atoms with Crippen molar-refractivity contribution in [2.45, 2.75) is 108 Å². The van der Waals surface area contributed by atoms with Gasteiger partial charge in [-0.3, -0.25) is 28.8 Å². The van der Waals surface area contributed by atoms with Crippen LogP contribution in [0.3, 0.4) is 0 Å². The topological polar surface area (TPSA) is 386 Å². The number of carboxylic acid groups (broad SMARTS) is 1. The highest BCUT2D eigenvalue weighted by Gasteiger charge is 2.36. The first kappa shape index (κ1) is 49.8. The molecule has 8 atom stereocenters. The molecule has 0 radical (unpaired) electrons. The fourth-order valence-electron chi connectivity index (χ4n) is 5.45. The van der Waals surface area contributed by atoms with Crippen LogP contribution in [0.15, 0.2) is 30.3 Å². The lowest BCUT2D eigenvalue weighted by atomic mass is 9.86. The molecule has 21 heteroatoms. The molecule has 1 aromatic rings. The fraction of sp³-hybridized carbons (Fsp3) is 0.611. The van der Waals surface area contributed by atoms with E-state index in [-0.39, 0.29) is 64.7 Å². The van der Waals surface area contributed by atoms with Crippen LogP contribution < -0.4 is 60.6 Å². The summed E-state index contributed by atoms with van der Waals surface area (Å²) >= 11 is 0. The maximum atomic E-state index is 14.0. The summed E-state index contributed by atoms with van der Waals surface area (Å²) in [6.07, 6.45) is -1.96. The number of aliphatic hydroxyl groups excluding tert-OH is 1. The van der Waals surface area contributed by atoms with Crippen molar-refractivity contribution in [3.05, 3.63) is 35.9 Å². The minimum absolute atomic E-state index is 0.00687. The number of rotatable bonds is 26. The molecule has 0 aliphatic rings. The van der Waals surface area contributed by atoms with Gasteiger partial charge in [0, 0.05) is 6.42 Å². The Bertz CT molecular complexity index is 1540. The Kier molecular flexibility index (Phi) is 21.9. The second-order valence-electron chi connectivity index (χ2n) is 14.2. The van der Waals surface area contributed by atoms with Crippen LogP contribution in [0, 0.1) is 16.7 Å². The van der Waals surface area contributed by atoms with Crippen LogP contribution in [0.1, 0.15) is 58.4 Å². The van der Waals surface area contributed by atoms with Crippen LogP contribution in [0.4, 0.5) is 0 Å². The molecule has 0 aromatic heterocycles. The summed E-state index contributed by atoms with van der Waals surface area (Å²) in [5.74, 6) is -6.54. The van der Waals surface area contributed by atoms with Gasteiger partial charge in [-0.05, 0) is 84.6 Å². The number of amides is 6. The van der Waals surface area contributed by atoms with Crippen molar-refractivity contribution in [3.63, 3.8) is 0 Å². The number of hydrogen-bond acceptors (Lipinski definition) is 14. The molecule has 0 heterocycles. The van der Waals surface area contributed by atoms with Gasteiger partial charge in [0.15, 0.2) is 6.04 Å². The van der Waals surface area contributed by atoms with Crippen LogP contribution in [0.2, 0.25) is 0 Å². The summed E-state index contributed by atoms with van der Waals surface area (Å²) in [5.41, 5.74) is 27.9. The van der Waals surface area contributed by atoms with Crippen LogP contribution in [0.25, 0.3) is 0 Å². The Balaban J connectivity index is 3.44. The third-order valence-electron chi connectivity index (χ3n) is 8.69. The van der Waals surface area contributed by atoms with Gasteiger partial charge in [-0.25, -0.2) is 4.79 Å². The molecule has 0 unspecified atom stereocenters. The number of carbonyl (C=O) groups excluding carboxylic acids is 6. The number of aliphatic carboxylic acids is 1. The molecule has 21 nitrogen and oxygen atoms in total. The number of carboxylic acids is 1. The van der Waals surface area contributed by atoms with Crippen molar-refractivity contribution in [2.75, 3.05) is 26.2 Å². The first-order valence-corrected chi connectivity index (χ1v) is 18.6. The third-order valence-corrected chi connectivity index (χ3v) is 8.69. The van der Waals surface area contributed by atoms with E-state index in [2.05, 4.69) is 38.0 Å². The second-order valence-corrected chi connectivity index (χ2v) is 14.2. The molecule has 0 aliphatic carbocycles. The molecule has 0 saturated carbocycles. The minimum Gasteiger partial charge on any atom is -0.480 e. The lowest BCUT2D eigenvalue weighted by Crippen LogP contribution is -2.61. The van der Waals surface area contributed by atoms with Crippen molar-refractivity contribution in [1.29, 1.82) is 5.26 Å². The van der Waals surface area contributed by atoms with Gasteiger partial charge in [0.25, 0.3) is 0 Å². The Morgan fingerprint density at radius 3 is 1.46 bits per heavy atom. The monoisotopic (exact) mass is 804 g/mol. The van der Waals surface area contributed by atoms with Gasteiger partial charge in [-0.15, -0.1) is 0 Å². The molecule has 318 valence electrons. The van der Waals surface area contributed by atoms with Crippen molar-refractivity contribution in [2.24, 2.45) is 34.1 Å². The number of carbonyl (C=O) groups is 7. The average molecular weight is 805 g/mol. The quantitative estimate of drug-likeness (QED) is 0.0418. The zero-order valence-corrected chi connectivity index (χ0v) is 32.7. The molecular formula is C36H60N12O9. The molecule has 0 spiro atoms. The number of hydrogen-bond donors (Lipinski definition) is 13. The highest BCUT2D eigenvalue weighted by molar-refractivity contribution is 5.97. The highest BCUT2D eigenvalue weighted by atomic mass is 16.4. The molecule has 0 bridgehead atoms. The van der Waals surface area contributed by atoms with Gasteiger partial charge in [0.1, 0.15) is 30.2 Å². The van der Waals surface area contributed by atoms with E-state index in [4.69, 9.17) is 28.7 Å². The Morgan fingerprint density at radius 1 is 0.649 bits per heavy atom. The van der Waals surface area contributed by atoms with Crippen molar-refractivity contribution in [1.82, 2.24) is 31.9 Å². The number of aliphatic hydroxyl groups is 1. The summed E-state index contributed by atoms with van der Waals surface area (Å²) in [4.78, 5) is 92.2. The van der Waals surface area contributed by atoms with Crippen LogP contribution in [-0.4, -0.2) is 126 Å². The number of nitrogens with one attached hydrogen (secondary N) is 6. The van der Waals surface area contributed by atoms with Crippen LogP contribution in [0.5, 0.6) is 0 Å². The predicted octanol–water partition coefficient (Wildman–Crippen LogP) is -4.73. The van der Waals surface area contributed by atoms with E-state index in [1.807, 2.05) is 0 Å². The lowest BCUT2D eigenvalue weighted by molar-refractivity contribution is -0.145. The Hall–Kier alpha value is -5.24. The Labute approximate surface area is 331 Å². The van der Waals surface area contributed by atoms with Gasteiger partial charge in [0.2, 0.25) is 35.4 Å². The number of nitriles is 1. The molecule has 18 N–H and O–H groups in total. The van der Waals surface area contributed by atoms with Gasteiger partial charge in [-0.2, -0.15) is 5.26 Å². The molecular weight excluding hydrogens is 744 g/mol. The van der Waals surface area contributed by atoms with Crippen LogP contribution >= 0.6 is 0 Å². The van der Waals surface area contributed by atoms with E-state index in [0.29, 0.717) is 5.56 Å². The first-order chi connectivity index (χ1) is 26.8. The second kappa shape index (κ2) is 25.1. The SMILES string of the molecule is C[C@@H](O)[C@H](NC(=O)[C@H](CCN)NC(=O)[C@H](CCN)NC(=O)[C@H](CC(C)(C)C#N)NC(=O)[C@@H](Cc1ccccc1)NC(=O)[C@H](CCN)NC(=O)[C@@H](N)CCN)C(=O)O. The number of nitrogens with zero attached hydrogens (tertiary/aromatic N) is 1. The molecule has 57 heavy (non-hydrogen) atoms.